The first kappa shape index (κ1) is 8.90. The molecule has 0 spiro atoms. The molecule has 0 aliphatic carbocycles. The van der Waals surface area contributed by atoms with Gasteiger partial charge in [0.2, 0.25) is 6.08 Å². The first-order valence-electron chi connectivity index (χ1n) is 3.39. The maximum atomic E-state index is 9.80. The molecule has 0 aliphatic rings. The Morgan fingerprint density at radius 3 is 3.00 bits per heavy atom. The van der Waals surface area contributed by atoms with Gasteiger partial charge in [-0.25, -0.2) is 14.8 Å². The highest BCUT2D eigenvalue weighted by molar-refractivity contribution is 7.15. The Hall–Kier alpha value is -1.19. The Kier molecular flexibility index (Phi) is 2.96. The van der Waals surface area contributed by atoms with Crippen LogP contribution in [0, 0.1) is 0 Å². The Morgan fingerprint density at radius 2 is 2.50 bits per heavy atom. The number of hydrogen-bond donors (Lipinski definition) is 0. The maximum Gasteiger partial charge on any atom is 0.235 e. The highest BCUT2D eigenvalue weighted by Crippen LogP contribution is 2.20. The Morgan fingerprint density at radius 1 is 1.75 bits per heavy atom. The van der Waals surface area contributed by atoms with Crippen LogP contribution < -0.4 is 4.90 Å². The molecule has 0 atom stereocenters. The second-order valence-electron chi connectivity index (χ2n) is 2.41. The molecule has 4 nitrogen and oxygen atoms in total. The number of thiazole rings is 1. The second kappa shape index (κ2) is 3.99. The lowest BCUT2D eigenvalue weighted by atomic mass is 10.6. The second-order valence-corrected chi connectivity index (χ2v) is 3.50. The minimum absolute atomic E-state index is 0.384. The number of aliphatic imine (C=N–C) groups is 1. The first-order chi connectivity index (χ1) is 5.74. The number of nitrogens with zero attached hydrogens (tertiary/aromatic N) is 3. The number of rotatable bonds is 3. The highest BCUT2D eigenvalue weighted by atomic mass is 32.1. The Balaban J connectivity index is 2.70. The van der Waals surface area contributed by atoms with Crippen LogP contribution in [0.3, 0.4) is 0 Å². The van der Waals surface area contributed by atoms with Gasteiger partial charge < -0.3 is 4.90 Å². The van der Waals surface area contributed by atoms with Gasteiger partial charge in [-0.2, -0.15) is 0 Å². The number of aromatic nitrogens is 1. The van der Waals surface area contributed by atoms with Crippen LogP contribution in [0.5, 0.6) is 0 Å². The first-order valence-corrected chi connectivity index (χ1v) is 4.21. The lowest BCUT2D eigenvalue weighted by molar-refractivity contribution is 0.563. The summed E-state index contributed by atoms with van der Waals surface area (Å²) in [5.74, 6) is 0. The van der Waals surface area contributed by atoms with Gasteiger partial charge in [0.25, 0.3) is 0 Å². The molecule has 0 aromatic carbocycles. The number of hydrogen-bond acceptors (Lipinski definition) is 5. The molecule has 64 valence electrons. The molecular weight excluding hydrogens is 174 g/mol. The van der Waals surface area contributed by atoms with E-state index in [4.69, 9.17) is 0 Å². The summed E-state index contributed by atoms with van der Waals surface area (Å²) < 4.78 is 0. The van der Waals surface area contributed by atoms with Crippen molar-refractivity contribution in [3.8, 4) is 0 Å². The molecule has 1 aromatic heterocycles. The standard InChI is InChI=1S/C7H9N3OS/c1-10(2)7-9-4-6(12-7)3-8-5-11/h4H,3H2,1-2H3. The summed E-state index contributed by atoms with van der Waals surface area (Å²) in [5.41, 5.74) is 0. The van der Waals surface area contributed by atoms with Gasteiger partial charge in [0.1, 0.15) is 0 Å². The van der Waals surface area contributed by atoms with Gasteiger partial charge >= 0.3 is 0 Å². The third-order valence-electron chi connectivity index (χ3n) is 1.22. The van der Waals surface area contributed by atoms with E-state index < -0.39 is 0 Å². The molecule has 0 amide bonds. The largest absolute Gasteiger partial charge is 0.354 e. The molecule has 0 bridgehead atoms. The Bertz CT molecular complexity index is 301. The summed E-state index contributed by atoms with van der Waals surface area (Å²) in [4.78, 5) is 20.3. The van der Waals surface area contributed by atoms with Gasteiger partial charge in [0.05, 0.1) is 6.54 Å². The SMILES string of the molecule is CN(C)c1ncc(CN=C=O)s1. The highest BCUT2D eigenvalue weighted by Gasteiger charge is 2.01. The van der Waals surface area contributed by atoms with Gasteiger partial charge in [-0.15, -0.1) is 0 Å². The van der Waals surface area contributed by atoms with Gasteiger partial charge in [0, 0.05) is 25.2 Å². The van der Waals surface area contributed by atoms with Crippen LogP contribution in [0.1, 0.15) is 4.88 Å². The third kappa shape index (κ3) is 2.15. The van der Waals surface area contributed by atoms with Crippen molar-refractivity contribution < 1.29 is 4.79 Å². The molecule has 0 aliphatic heterocycles. The lowest BCUT2D eigenvalue weighted by Crippen LogP contribution is -2.07. The van der Waals surface area contributed by atoms with Crippen molar-refractivity contribution in [1.29, 1.82) is 0 Å². The van der Waals surface area contributed by atoms with Crippen LogP contribution in [0.15, 0.2) is 11.2 Å². The molecule has 0 saturated heterocycles. The minimum Gasteiger partial charge on any atom is -0.354 e. The third-order valence-corrected chi connectivity index (χ3v) is 2.37. The zero-order valence-electron chi connectivity index (χ0n) is 6.94. The number of isocyanates is 1. The fourth-order valence-corrected chi connectivity index (χ4v) is 1.44. The maximum absolute atomic E-state index is 9.80. The fraction of sp³-hybridized carbons (Fsp3) is 0.429. The fourth-order valence-electron chi connectivity index (χ4n) is 0.687. The zero-order chi connectivity index (χ0) is 8.97. The van der Waals surface area contributed by atoms with Gasteiger partial charge in [-0.3, -0.25) is 0 Å². The van der Waals surface area contributed by atoms with E-state index in [-0.39, 0.29) is 0 Å². The van der Waals surface area contributed by atoms with Gasteiger partial charge in [0.15, 0.2) is 5.13 Å². The Labute approximate surface area is 74.6 Å². The van der Waals surface area contributed by atoms with Crippen LogP contribution in [-0.2, 0) is 11.3 Å². The summed E-state index contributed by atoms with van der Waals surface area (Å²) in [6.07, 6.45) is 3.22. The van der Waals surface area contributed by atoms with Crippen molar-refractivity contribution in [2.75, 3.05) is 19.0 Å². The lowest BCUT2D eigenvalue weighted by Gasteiger charge is -2.04. The summed E-state index contributed by atoms with van der Waals surface area (Å²) in [7, 11) is 3.84. The molecule has 0 fully saturated rings. The summed E-state index contributed by atoms with van der Waals surface area (Å²) in [6, 6.07) is 0. The molecule has 5 heteroatoms. The van der Waals surface area contributed by atoms with Crippen LogP contribution in [-0.4, -0.2) is 25.2 Å². The van der Waals surface area contributed by atoms with E-state index in [0.29, 0.717) is 6.54 Å². The van der Waals surface area contributed by atoms with Crippen molar-refractivity contribution in [2.45, 2.75) is 6.54 Å². The van der Waals surface area contributed by atoms with E-state index >= 15 is 0 Å². The van der Waals surface area contributed by atoms with Gasteiger partial charge in [-0.1, -0.05) is 11.3 Å². The summed E-state index contributed by atoms with van der Waals surface area (Å²) in [5, 5.41) is 0.922. The van der Waals surface area contributed by atoms with E-state index in [1.165, 1.54) is 17.4 Å². The van der Waals surface area contributed by atoms with Crippen LogP contribution in [0.2, 0.25) is 0 Å². The topological polar surface area (TPSA) is 45.6 Å². The van der Waals surface area contributed by atoms with Crippen molar-refractivity contribution in [3.05, 3.63) is 11.1 Å². The molecule has 1 rings (SSSR count). The van der Waals surface area contributed by atoms with Crippen LogP contribution in [0.4, 0.5) is 5.13 Å². The molecule has 0 saturated carbocycles. The molecular formula is C7H9N3OS. The van der Waals surface area contributed by atoms with E-state index in [1.54, 1.807) is 6.20 Å². The average molecular weight is 183 g/mol. The van der Waals surface area contributed by atoms with Crippen LogP contribution in [0.25, 0.3) is 0 Å². The normalized spacial score (nSPS) is 9.17. The molecule has 12 heavy (non-hydrogen) atoms. The van der Waals surface area contributed by atoms with E-state index in [2.05, 4.69) is 9.98 Å². The summed E-state index contributed by atoms with van der Waals surface area (Å²) in [6.45, 7) is 0.384. The molecule has 1 heterocycles. The van der Waals surface area contributed by atoms with Crippen molar-refractivity contribution in [1.82, 2.24) is 4.98 Å². The quantitative estimate of drug-likeness (QED) is 0.519. The van der Waals surface area contributed by atoms with Crippen LogP contribution >= 0.6 is 11.3 Å². The van der Waals surface area contributed by atoms with Gasteiger partial charge in [-0.05, 0) is 0 Å². The predicted octanol–water partition coefficient (Wildman–Crippen LogP) is 1.04. The monoisotopic (exact) mass is 183 g/mol. The smallest absolute Gasteiger partial charge is 0.235 e. The molecule has 0 N–H and O–H groups in total. The van der Waals surface area contributed by atoms with E-state index in [1.807, 2.05) is 19.0 Å². The van der Waals surface area contributed by atoms with E-state index in [9.17, 15) is 4.79 Å². The molecule has 0 radical (unpaired) electrons. The van der Waals surface area contributed by atoms with Crippen molar-refractivity contribution >= 4 is 22.5 Å². The number of carbonyl (C=O) groups excluding carboxylic acids is 1. The molecule has 1 aromatic rings. The predicted molar refractivity (Wildman–Crippen MR) is 48.3 cm³/mol. The zero-order valence-corrected chi connectivity index (χ0v) is 7.76. The number of anilines is 1. The summed E-state index contributed by atoms with van der Waals surface area (Å²) >= 11 is 1.52. The van der Waals surface area contributed by atoms with E-state index in [0.717, 1.165) is 10.0 Å². The van der Waals surface area contributed by atoms with Crippen molar-refractivity contribution in [2.24, 2.45) is 4.99 Å². The minimum atomic E-state index is 0.384. The molecule has 0 unspecified atom stereocenters. The average Bonchev–Trinajstić information content (AvgIpc) is 2.48. The van der Waals surface area contributed by atoms with Crippen molar-refractivity contribution in [3.63, 3.8) is 0 Å².